The third kappa shape index (κ3) is 2.96. The number of rotatable bonds is 5. The van der Waals surface area contributed by atoms with E-state index < -0.39 is 0 Å². The van der Waals surface area contributed by atoms with Crippen LogP contribution in [-0.4, -0.2) is 61.7 Å². The Labute approximate surface area is 100 Å². The van der Waals surface area contributed by atoms with Crippen LogP contribution in [0.4, 0.5) is 0 Å². The lowest BCUT2D eigenvalue weighted by atomic mass is 9.94. The van der Waals surface area contributed by atoms with E-state index in [2.05, 4.69) is 36.0 Å². The van der Waals surface area contributed by atoms with Gasteiger partial charge in [0.2, 0.25) is 0 Å². The van der Waals surface area contributed by atoms with Crippen molar-refractivity contribution < 1.29 is 0 Å². The summed E-state index contributed by atoms with van der Waals surface area (Å²) in [5.74, 6) is 0.929. The van der Waals surface area contributed by atoms with Gasteiger partial charge in [-0.3, -0.25) is 0 Å². The average molecular weight is 225 g/mol. The molecule has 94 valence electrons. The van der Waals surface area contributed by atoms with Crippen LogP contribution in [0.1, 0.15) is 26.7 Å². The molecule has 2 saturated heterocycles. The summed E-state index contributed by atoms with van der Waals surface area (Å²) in [5, 5.41) is 3.77. The summed E-state index contributed by atoms with van der Waals surface area (Å²) in [5.41, 5.74) is 0. The highest BCUT2D eigenvalue weighted by atomic mass is 15.2. The van der Waals surface area contributed by atoms with Gasteiger partial charge in [0.05, 0.1) is 0 Å². The molecule has 0 radical (unpaired) electrons. The predicted octanol–water partition coefficient (Wildman–Crippen LogP) is 1.01. The second-order valence-corrected chi connectivity index (χ2v) is 5.77. The van der Waals surface area contributed by atoms with E-state index in [1.807, 2.05) is 0 Å². The van der Waals surface area contributed by atoms with Crippen molar-refractivity contribution in [3.8, 4) is 0 Å². The van der Waals surface area contributed by atoms with E-state index in [1.165, 1.54) is 39.0 Å². The Morgan fingerprint density at radius 1 is 1.31 bits per heavy atom. The maximum Gasteiger partial charge on any atom is 0.0121 e. The third-order valence-corrected chi connectivity index (χ3v) is 4.39. The van der Waals surface area contributed by atoms with Gasteiger partial charge in [-0.25, -0.2) is 0 Å². The molecular weight excluding hydrogens is 198 g/mol. The molecule has 2 aliphatic heterocycles. The van der Waals surface area contributed by atoms with E-state index >= 15 is 0 Å². The molecule has 2 fully saturated rings. The molecule has 2 aliphatic rings. The molecule has 0 amide bonds. The van der Waals surface area contributed by atoms with Gasteiger partial charge >= 0.3 is 0 Å². The zero-order valence-corrected chi connectivity index (χ0v) is 11.1. The molecule has 0 spiro atoms. The Morgan fingerprint density at radius 2 is 2.06 bits per heavy atom. The number of likely N-dealkylation sites (N-methyl/N-ethyl adjacent to an activating group) is 1. The molecule has 2 heterocycles. The number of nitrogens with one attached hydrogen (secondary N) is 1. The van der Waals surface area contributed by atoms with E-state index in [9.17, 15) is 0 Å². The lowest BCUT2D eigenvalue weighted by Gasteiger charge is -2.32. The Kier molecular flexibility index (Phi) is 4.22. The predicted molar refractivity (Wildman–Crippen MR) is 68.7 cm³/mol. The van der Waals surface area contributed by atoms with E-state index in [-0.39, 0.29) is 0 Å². The van der Waals surface area contributed by atoms with E-state index in [1.54, 1.807) is 0 Å². The normalized spacial score (nSPS) is 33.9. The van der Waals surface area contributed by atoms with Gasteiger partial charge in [0, 0.05) is 31.7 Å². The van der Waals surface area contributed by atoms with Crippen LogP contribution < -0.4 is 5.32 Å². The summed E-state index contributed by atoms with van der Waals surface area (Å²) >= 11 is 0. The highest BCUT2D eigenvalue weighted by Crippen LogP contribution is 2.26. The Morgan fingerprint density at radius 3 is 2.81 bits per heavy atom. The van der Waals surface area contributed by atoms with Gasteiger partial charge in [0.15, 0.2) is 0 Å². The first kappa shape index (κ1) is 12.3. The fourth-order valence-electron chi connectivity index (χ4n) is 2.90. The number of fused-ring (bicyclic) bond motifs is 2. The minimum Gasteiger partial charge on any atom is -0.312 e. The standard InChI is InChI=1S/C13H27N3/c1-11(2)15(3)9-6-14-13-5-8-16-7-4-12(13)10-16/h11-14H,4-10H2,1-3H3. The molecule has 2 bridgehead atoms. The summed E-state index contributed by atoms with van der Waals surface area (Å²) in [4.78, 5) is 5.03. The number of hydrogen-bond acceptors (Lipinski definition) is 3. The summed E-state index contributed by atoms with van der Waals surface area (Å²) in [6.45, 7) is 10.8. The first-order chi connectivity index (χ1) is 7.66. The molecule has 3 heteroatoms. The number of nitrogens with zero attached hydrogens (tertiary/aromatic N) is 2. The monoisotopic (exact) mass is 225 g/mol. The summed E-state index contributed by atoms with van der Waals surface area (Å²) < 4.78 is 0. The van der Waals surface area contributed by atoms with Crippen molar-refractivity contribution >= 4 is 0 Å². The lowest BCUT2D eigenvalue weighted by molar-refractivity contribution is 0.209. The zero-order valence-electron chi connectivity index (χ0n) is 11.1. The van der Waals surface area contributed by atoms with Crippen molar-refractivity contribution in [3.63, 3.8) is 0 Å². The van der Waals surface area contributed by atoms with E-state index in [4.69, 9.17) is 0 Å². The first-order valence-corrected chi connectivity index (χ1v) is 6.83. The minimum atomic E-state index is 0.662. The third-order valence-electron chi connectivity index (χ3n) is 4.39. The molecule has 0 aromatic carbocycles. The van der Waals surface area contributed by atoms with Crippen LogP contribution in [-0.2, 0) is 0 Å². The second kappa shape index (κ2) is 5.48. The highest BCUT2D eigenvalue weighted by Gasteiger charge is 2.33. The Hall–Kier alpha value is -0.120. The smallest absolute Gasteiger partial charge is 0.0121 e. The molecule has 3 nitrogen and oxygen atoms in total. The van der Waals surface area contributed by atoms with Crippen LogP contribution >= 0.6 is 0 Å². The van der Waals surface area contributed by atoms with Crippen LogP contribution in [0.5, 0.6) is 0 Å². The van der Waals surface area contributed by atoms with Crippen molar-refractivity contribution in [2.24, 2.45) is 5.92 Å². The zero-order chi connectivity index (χ0) is 11.5. The SMILES string of the molecule is CC(C)N(C)CCNC1CCN2CCC1C2. The molecule has 0 aliphatic carbocycles. The maximum atomic E-state index is 3.77. The molecule has 0 saturated carbocycles. The van der Waals surface area contributed by atoms with Crippen molar-refractivity contribution in [1.29, 1.82) is 0 Å². The maximum absolute atomic E-state index is 3.77. The molecule has 16 heavy (non-hydrogen) atoms. The molecule has 3 unspecified atom stereocenters. The van der Waals surface area contributed by atoms with Crippen molar-refractivity contribution in [2.75, 3.05) is 39.8 Å². The van der Waals surface area contributed by atoms with Crippen LogP contribution in [0, 0.1) is 5.92 Å². The molecule has 2 rings (SSSR count). The average Bonchev–Trinajstić information content (AvgIpc) is 2.64. The van der Waals surface area contributed by atoms with Crippen LogP contribution in [0.2, 0.25) is 0 Å². The van der Waals surface area contributed by atoms with Crippen molar-refractivity contribution in [2.45, 2.75) is 38.8 Å². The summed E-state index contributed by atoms with van der Waals surface area (Å²) in [6, 6.07) is 1.45. The molecule has 0 aromatic heterocycles. The van der Waals surface area contributed by atoms with E-state index in [0.717, 1.165) is 18.5 Å². The second-order valence-electron chi connectivity index (χ2n) is 5.77. The molecule has 1 N–H and O–H groups in total. The van der Waals surface area contributed by atoms with Gasteiger partial charge < -0.3 is 15.1 Å². The molecule has 3 atom stereocenters. The number of piperidine rings is 1. The molecular formula is C13H27N3. The Bertz CT molecular complexity index is 217. The largest absolute Gasteiger partial charge is 0.312 e. The summed E-state index contributed by atoms with van der Waals surface area (Å²) in [6.07, 6.45) is 2.77. The van der Waals surface area contributed by atoms with E-state index in [0.29, 0.717) is 6.04 Å². The van der Waals surface area contributed by atoms with Gasteiger partial charge in [-0.2, -0.15) is 0 Å². The van der Waals surface area contributed by atoms with Crippen LogP contribution in [0.25, 0.3) is 0 Å². The van der Waals surface area contributed by atoms with Crippen LogP contribution in [0.15, 0.2) is 0 Å². The van der Waals surface area contributed by atoms with Crippen molar-refractivity contribution in [1.82, 2.24) is 15.1 Å². The lowest BCUT2D eigenvalue weighted by Crippen LogP contribution is -2.46. The summed E-state index contributed by atoms with van der Waals surface area (Å²) in [7, 11) is 2.21. The minimum absolute atomic E-state index is 0.662. The van der Waals surface area contributed by atoms with Gasteiger partial charge in [-0.1, -0.05) is 0 Å². The first-order valence-electron chi connectivity index (χ1n) is 6.83. The van der Waals surface area contributed by atoms with Crippen molar-refractivity contribution in [3.05, 3.63) is 0 Å². The van der Waals surface area contributed by atoms with Gasteiger partial charge in [-0.15, -0.1) is 0 Å². The van der Waals surface area contributed by atoms with Gasteiger partial charge in [0.1, 0.15) is 0 Å². The fraction of sp³-hybridized carbons (Fsp3) is 1.00. The quantitative estimate of drug-likeness (QED) is 0.753. The van der Waals surface area contributed by atoms with Crippen LogP contribution in [0.3, 0.4) is 0 Å². The van der Waals surface area contributed by atoms with Gasteiger partial charge in [0.25, 0.3) is 0 Å². The topological polar surface area (TPSA) is 18.5 Å². The number of hydrogen-bond donors (Lipinski definition) is 1. The van der Waals surface area contributed by atoms with Gasteiger partial charge in [-0.05, 0) is 52.7 Å². The fourth-order valence-corrected chi connectivity index (χ4v) is 2.90. The highest BCUT2D eigenvalue weighted by molar-refractivity contribution is 4.90. The Balaban J connectivity index is 1.66. The molecule has 0 aromatic rings.